The number of nitrogens with two attached hydrogens (primary N) is 1. The average molecular weight is 385 g/mol. The molecule has 1 heterocycles. The molecule has 106 valence electrons. The molecule has 1 aromatic carbocycles. The molecule has 0 aliphatic rings. The molecule has 0 unspecified atom stereocenters. The molecule has 2 aromatic rings. The van der Waals surface area contributed by atoms with E-state index in [1.165, 1.54) is 0 Å². The summed E-state index contributed by atoms with van der Waals surface area (Å²) in [5, 5.41) is 0. The molecule has 0 aliphatic heterocycles. The highest BCUT2D eigenvalue weighted by Crippen LogP contribution is 2.32. The third-order valence-electron chi connectivity index (χ3n) is 2.93. The fourth-order valence-electron chi connectivity index (χ4n) is 1.85. The van der Waals surface area contributed by atoms with Gasteiger partial charge in [-0.2, -0.15) is 0 Å². The molecule has 0 spiro atoms. The van der Waals surface area contributed by atoms with Gasteiger partial charge in [0.1, 0.15) is 17.3 Å². The molecular weight excluding hydrogens is 369 g/mol. The van der Waals surface area contributed by atoms with Crippen molar-refractivity contribution in [1.82, 2.24) is 9.97 Å². The highest BCUT2D eigenvalue weighted by molar-refractivity contribution is 14.1. The lowest BCUT2D eigenvalue weighted by Gasteiger charge is -2.11. The molecule has 6 heteroatoms. The monoisotopic (exact) mass is 385 g/mol. The summed E-state index contributed by atoms with van der Waals surface area (Å²) in [6.45, 7) is 2.04. The maximum absolute atomic E-state index is 5.96. The van der Waals surface area contributed by atoms with E-state index >= 15 is 0 Å². The number of anilines is 1. The topological polar surface area (TPSA) is 70.3 Å². The molecule has 0 aliphatic carbocycles. The van der Waals surface area contributed by atoms with Crippen molar-refractivity contribution in [2.24, 2.45) is 0 Å². The average Bonchev–Trinajstić information content (AvgIpc) is 2.49. The minimum absolute atomic E-state index is 0.491. The Morgan fingerprint density at radius 2 is 1.95 bits per heavy atom. The zero-order valence-electron chi connectivity index (χ0n) is 11.6. The second-order valence-electron chi connectivity index (χ2n) is 4.11. The van der Waals surface area contributed by atoms with Crippen LogP contribution < -0.4 is 15.2 Å². The molecule has 0 atom stereocenters. The summed E-state index contributed by atoms with van der Waals surface area (Å²) in [5.74, 6) is 2.44. The first-order valence-electron chi connectivity index (χ1n) is 6.15. The maximum Gasteiger partial charge on any atom is 0.165 e. The minimum atomic E-state index is 0.491. The Balaban J connectivity index is 2.59. The highest BCUT2D eigenvalue weighted by Gasteiger charge is 2.14. The molecule has 2 N–H and O–H groups in total. The number of halogens is 1. The van der Waals surface area contributed by atoms with Crippen molar-refractivity contribution < 1.29 is 9.47 Å². The van der Waals surface area contributed by atoms with Crippen LogP contribution in [0.4, 0.5) is 5.82 Å². The fraction of sp³-hybridized carbons (Fsp3) is 0.286. The van der Waals surface area contributed by atoms with Crippen LogP contribution in [0.15, 0.2) is 18.2 Å². The lowest BCUT2D eigenvalue weighted by Crippen LogP contribution is -2.05. The Bertz CT molecular complexity index is 632. The number of methoxy groups -OCH3 is 2. The third-order valence-corrected chi connectivity index (χ3v) is 4.11. The lowest BCUT2D eigenvalue weighted by molar-refractivity contribution is 0.395. The van der Waals surface area contributed by atoms with Crippen molar-refractivity contribution in [3.05, 3.63) is 27.5 Å². The van der Waals surface area contributed by atoms with Crippen LogP contribution in [0.2, 0.25) is 0 Å². The number of aromatic nitrogens is 2. The van der Waals surface area contributed by atoms with Gasteiger partial charge in [-0.15, -0.1) is 0 Å². The van der Waals surface area contributed by atoms with Crippen LogP contribution in [0.25, 0.3) is 11.4 Å². The quantitative estimate of drug-likeness (QED) is 0.820. The molecule has 1 aromatic heterocycles. The number of hydrogen-bond acceptors (Lipinski definition) is 5. The van der Waals surface area contributed by atoms with Gasteiger partial charge in [0.05, 0.1) is 29.0 Å². The van der Waals surface area contributed by atoms with E-state index in [0.29, 0.717) is 17.4 Å². The number of aryl methyl sites for hydroxylation is 1. The Labute approximate surface area is 131 Å². The van der Waals surface area contributed by atoms with Crippen molar-refractivity contribution in [2.75, 3.05) is 20.0 Å². The predicted molar refractivity (Wildman–Crippen MR) is 87.1 cm³/mol. The number of rotatable bonds is 4. The van der Waals surface area contributed by atoms with E-state index in [1.54, 1.807) is 20.3 Å². The molecule has 0 fully saturated rings. The van der Waals surface area contributed by atoms with E-state index in [1.807, 2.05) is 19.1 Å². The second kappa shape index (κ2) is 6.25. The maximum atomic E-state index is 5.96. The van der Waals surface area contributed by atoms with Gasteiger partial charge in [-0.05, 0) is 41.1 Å². The van der Waals surface area contributed by atoms with Crippen molar-refractivity contribution in [2.45, 2.75) is 13.3 Å². The van der Waals surface area contributed by atoms with Crippen molar-refractivity contribution >= 4 is 28.4 Å². The van der Waals surface area contributed by atoms with Crippen LogP contribution in [0, 0.1) is 3.57 Å². The number of ether oxygens (including phenoxy) is 2. The van der Waals surface area contributed by atoms with Crippen LogP contribution in [0.3, 0.4) is 0 Å². The Kier molecular flexibility index (Phi) is 4.64. The van der Waals surface area contributed by atoms with Crippen LogP contribution in [0.5, 0.6) is 11.5 Å². The van der Waals surface area contributed by atoms with E-state index in [2.05, 4.69) is 32.6 Å². The van der Waals surface area contributed by atoms with Crippen molar-refractivity contribution in [3.63, 3.8) is 0 Å². The number of nitrogens with zero attached hydrogens (tertiary/aromatic N) is 2. The third kappa shape index (κ3) is 2.79. The molecule has 5 nitrogen and oxygen atoms in total. The predicted octanol–water partition coefficient (Wildman–Crippen LogP) is 2.91. The largest absolute Gasteiger partial charge is 0.497 e. The molecule has 0 saturated heterocycles. The summed E-state index contributed by atoms with van der Waals surface area (Å²) < 4.78 is 11.5. The Hall–Kier alpha value is -1.57. The van der Waals surface area contributed by atoms with Gasteiger partial charge in [-0.1, -0.05) is 6.92 Å². The molecule has 0 bridgehead atoms. The summed E-state index contributed by atoms with van der Waals surface area (Å²) in [6, 6.07) is 5.53. The van der Waals surface area contributed by atoms with Gasteiger partial charge in [0.2, 0.25) is 0 Å². The van der Waals surface area contributed by atoms with Gasteiger partial charge in [0, 0.05) is 6.07 Å². The van der Waals surface area contributed by atoms with Gasteiger partial charge in [0.15, 0.2) is 5.82 Å². The van der Waals surface area contributed by atoms with Crippen molar-refractivity contribution in [1.29, 1.82) is 0 Å². The smallest absolute Gasteiger partial charge is 0.165 e. The van der Waals surface area contributed by atoms with E-state index in [0.717, 1.165) is 27.0 Å². The van der Waals surface area contributed by atoms with Crippen LogP contribution in [-0.4, -0.2) is 24.2 Å². The van der Waals surface area contributed by atoms with E-state index < -0.39 is 0 Å². The standard InChI is InChI=1S/C14H16IN3O2/c1-4-10-12(15)13(16)18-14(17-10)9-6-5-8(19-2)7-11(9)20-3/h5-7H,4H2,1-3H3,(H2,16,17,18). The van der Waals surface area contributed by atoms with Gasteiger partial charge < -0.3 is 15.2 Å². The normalized spacial score (nSPS) is 10.4. The SMILES string of the molecule is CCc1nc(-c2ccc(OC)cc2OC)nc(N)c1I. The van der Waals surface area contributed by atoms with E-state index in [4.69, 9.17) is 15.2 Å². The molecule has 0 saturated carbocycles. The van der Waals surface area contributed by atoms with Crippen molar-refractivity contribution in [3.8, 4) is 22.9 Å². The van der Waals surface area contributed by atoms with E-state index in [9.17, 15) is 0 Å². The number of nitrogen functional groups attached to an aromatic ring is 1. The molecule has 20 heavy (non-hydrogen) atoms. The number of hydrogen-bond donors (Lipinski definition) is 1. The zero-order chi connectivity index (χ0) is 14.7. The van der Waals surface area contributed by atoms with Gasteiger partial charge in [-0.25, -0.2) is 9.97 Å². The summed E-state index contributed by atoms with van der Waals surface area (Å²) in [7, 11) is 3.22. The fourth-order valence-corrected chi connectivity index (χ4v) is 2.47. The second-order valence-corrected chi connectivity index (χ2v) is 5.19. The summed E-state index contributed by atoms with van der Waals surface area (Å²) in [5.41, 5.74) is 7.69. The van der Waals surface area contributed by atoms with Crippen LogP contribution in [-0.2, 0) is 6.42 Å². The zero-order valence-corrected chi connectivity index (χ0v) is 13.8. The Morgan fingerprint density at radius 3 is 2.55 bits per heavy atom. The van der Waals surface area contributed by atoms with E-state index in [-0.39, 0.29) is 0 Å². The Morgan fingerprint density at radius 1 is 1.20 bits per heavy atom. The number of benzene rings is 1. The molecular formula is C14H16IN3O2. The van der Waals surface area contributed by atoms with Gasteiger partial charge in [0.25, 0.3) is 0 Å². The summed E-state index contributed by atoms with van der Waals surface area (Å²) in [4.78, 5) is 8.92. The molecule has 2 rings (SSSR count). The minimum Gasteiger partial charge on any atom is -0.497 e. The molecule has 0 amide bonds. The first-order valence-corrected chi connectivity index (χ1v) is 7.22. The first-order chi connectivity index (χ1) is 9.60. The first kappa shape index (κ1) is 14.8. The van der Waals surface area contributed by atoms with Gasteiger partial charge >= 0.3 is 0 Å². The lowest BCUT2D eigenvalue weighted by atomic mass is 10.1. The van der Waals surface area contributed by atoms with Crippen LogP contribution in [0.1, 0.15) is 12.6 Å². The molecule has 0 radical (unpaired) electrons. The summed E-state index contributed by atoms with van der Waals surface area (Å²) in [6.07, 6.45) is 0.802. The summed E-state index contributed by atoms with van der Waals surface area (Å²) >= 11 is 2.17. The van der Waals surface area contributed by atoms with Crippen LogP contribution >= 0.6 is 22.6 Å². The van der Waals surface area contributed by atoms with Gasteiger partial charge in [-0.3, -0.25) is 0 Å². The highest BCUT2D eigenvalue weighted by atomic mass is 127.